The van der Waals surface area contributed by atoms with Gasteiger partial charge in [-0.15, -0.1) is 5.10 Å². The van der Waals surface area contributed by atoms with Crippen molar-refractivity contribution in [3.63, 3.8) is 0 Å². The van der Waals surface area contributed by atoms with Crippen LogP contribution in [-0.4, -0.2) is 33.3 Å². The van der Waals surface area contributed by atoms with E-state index in [-0.39, 0.29) is 67.3 Å². The van der Waals surface area contributed by atoms with Crippen LogP contribution >= 0.6 is 0 Å². The molecule has 0 saturated carbocycles. The van der Waals surface area contributed by atoms with Crippen LogP contribution in [0.1, 0.15) is 0 Å². The normalized spacial score (nSPS) is 11.3. The van der Waals surface area contributed by atoms with Crippen molar-refractivity contribution < 1.29 is 69.6 Å². The maximum atomic E-state index is 10.8. The van der Waals surface area contributed by atoms with E-state index in [0.717, 1.165) is 6.07 Å². The van der Waals surface area contributed by atoms with Gasteiger partial charge in [-0.2, -0.15) is 0 Å². The first kappa shape index (κ1) is 13.0. The zero-order chi connectivity index (χ0) is 10.3. The Balaban J connectivity index is 0.00000112. The second-order valence-corrected chi connectivity index (χ2v) is 3.90. The number of nitrogens with zero attached hydrogens (tertiary/aromatic N) is 3. The van der Waals surface area contributed by atoms with E-state index < -0.39 is 15.0 Å². The van der Waals surface area contributed by atoms with Crippen LogP contribution < -0.4 is 51.4 Å². The first-order valence-corrected chi connectivity index (χ1v) is 4.90. The summed E-state index contributed by atoms with van der Waals surface area (Å²) in [5, 5.41) is 15.7. The number of para-hydroxylation sites is 1. The quantitative estimate of drug-likeness (QED) is 0.322. The summed E-state index contributed by atoms with van der Waals surface area (Å²) >= 11 is 0. The van der Waals surface area contributed by atoms with Gasteiger partial charge in [0.25, 0.3) is 0 Å². The Morgan fingerprint density at radius 1 is 1.40 bits per heavy atom. The number of rotatable bonds is 1. The average Bonchev–Trinajstić information content (AvgIpc) is 2.46. The van der Waals surface area contributed by atoms with Crippen molar-refractivity contribution in [2.24, 2.45) is 0 Å². The van der Waals surface area contributed by atoms with Crippen LogP contribution in [0.3, 0.4) is 0 Å². The van der Waals surface area contributed by atoms with Gasteiger partial charge in [0.15, 0.2) is 0 Å². The number of fused-ring (bicyclic) bond motifs is 1. The van der Waals surface area contributed by atoms with E-state index in [2.05, 4.69) is 10.3 Å². The van der Waals surface area contributed by atoms with Crippen LogP contribution in [0.2, 0.25) is 0 Å². The zero-order valence-electron chi connectivity index (χ0n) is 7.65. The molecule has 15 heavy (non-hydrogen) atoms. The van der Waals surface area contributed by atoms with E-state index >= 15 is 0 Å². The van der Waals surface area contributed by atoms with Gasteiger partial charge < -0.3 is 9.76 Å². The summed E-state index contributed by atoms with van der Waals surface area (Å²) in [7, 11) is -4.63. The van der Waals surface area contributed by atoms with Gasteiger partial charge in [-0.3, -0.25) is 0 Å². The fourth-order valence-electron chi connectivity index (χ4n) is 1.13. The zero-order valence-corrected chi connectivity index (χ0v) is 11.6. The predicted molar refractivity (Wildman–Crippen MR) is 42.7 cm³/mol. The van der Waals surface area contributed by atoms with E-state index in [9.17, 15) is 13.0 Å². The van der Waals surface area contributed by atoms with Crippen molar-refractivity contribution in [2.45, 2.75) is 4.90 Å². The molecule has 0 saturated heterocycles. The van der Waals surface area contributed by atoms with Crippen LogP contribution in [0.25, 0.3) is 11.0 Å². The largest absolute Gasteiger partial charge is 1.00 e. The molecule has 1 N–H and O–H groups in total. The summed E-state index contributed by atoms with van der Waals surface area (Å²) in [5.41, 5.74) is -0.0630. The van der Waals surface area contributed by atoms with Gasteiger partial charge in [0.05, 0.1) is 4.90 Å². The minimum absolute atomic E-state index is 0. The van der Waals surface area contributed by atoms with Crippen LogP contribution in [0.15, 0.2) is 23.1 Å². The van der Waals surface area contributed by atoms with E-state index in [1.165, 1.54) is 12.1 Å². The Morgan fingerprint density at radius 3 is 2.67 bits per heavy atom. The Morgan fingerprint density at radius 2 is 2.07 bits per heavy atom. The molecule has 0 aliphatic heterocycles. The molecular formula is C6H4KN3O4S. The number of hydrogen-bond donors (Lipinski definition) is 1. The summed E-state index contributed by atoms with van der Waals surface area (Å²) in [6.45, 7) is 0. The Labute approximate surface area is 127 Å². The molecule has 2 rings (SSSR count). The monoisotopic (exact) mass is 253 g/mol. The minimum atomic E-state index is -4.63. The van der Waals surface area contributed by atoms with Crippen molar-refractivity contribution in [2.75, 3.05) is 0 Å². The van der Waals surface area contributed by atoms with Crippen LogP contribution in [-0.2, 0) is 10.1 Å². The smallest absolute Gasteiger partial charge is 0.744 e. The molecule has 0 amide bonds. The van der Waals surface area contributed by atoms with Gasteiger partial charge in [0, 0.05) is 0 Å². The molecule has 0 fully saturated rings. The van der Waals surface area contributed by atoms with Gasteiger partial charge in [-0.1, -0.05) is 10.9 Å². The third kappa shape index (κ3) is 2.38. The molecule has 0 aliphatic carbocycles. The first-order chi connectivity index (χ1) is 6.50. The molecule has 9 heteroatoms. The SMILES string of the molecule is O=S(=O)([O-])c1cccc2nnn(O)c12.[K+]. The van der Waals surface area contributed by atoms with E-state index in [4.69, 9.17) is 5.21 Å². The maximum absolute atomic E-state index is 10.8. The number of benzene rings is 1. The fourth-order valence-corrected chi connectivity index (χ4v) is 1.80. The van der Waals surface area contributed by atoms with Gasteiger partial charge in [-0.05, 0) is 17.3 Å². The Hall–Kier alpha value is -0.0336. The van der Waals surface area contributed by atoms with Crippen molar-refractivity contribution in [3.05, 3.63) is 18.2 Å². The van der Waals surface area contributed by atoms with E-state index in [0.29, 0.717) is 0 Å². The summed E-state index contributed by atoms with van der Waals surface area (Å²) in [4.78, 5) is -0.275. The summed E-state index contributed by atoms with van der Waals surface area (Å²) in [5.74, 6) is 0. The Bertz CT molecular complexity index is 593. The average molecular weight is 253 g/mol. The molecular weight excluding hydrogens is 249 g/mol. The van der Waals surface area contributed by atoms with Crippen molar-refractivity contribution in [1.29, 1.82) is 0 Å². The topological polar surface area (TPSA) is 108 Å². The summed E-state index contributed by atoms with van der Waals surface area (Å²) in [6, 6.07) is 3.87. The van der Waals surface area contributed by atoms with Crippen molar-refractivity contribution >= 4 is 21.2 Å². The van der Waals surface area contributed by atoms with Crippen LogP contribution in [0.5, 0.6) is 0 Å². The number of aromatic nitrogens is 3. The van der Waals surface area contributed by atoms with Crippen molar-refractivity contribution in [3.8, 4) is 0 Å². The van der Waals surface area contributed by atoms with Gasteiger partial charge >= 0.3 is 51.4 Å². The van der Waals surface area contributed by atoms with Crippen molar-refractivity contribution in [1.82, 2.24) is 15.2 Å². The third-order valence-electron chi connectivity index (χ3n) is 1.68. The summed E-state index contributed by atoms with van der Waals surface area (Å²) in [6.07, 6.45) is 0. The molecule has 0 bridgehead atoms. The second kappa shape index (κ2) is 4.45. The van der Waals surface area contributed by atoms with Gasteiger partial charge in [-0.25, -0.2) is 8.42 Å². The third-order valence-corrected chi connectivity index (χ3v) is 2.55. The fraction of sp³-hybridized carbons (Fsp3) is 0. The molecule has 1 heterocycles. The predicted octanol–water partition coefficient (Wildman–Crippen LogP) is -3.42. The van der Waals surface area contributed by atoms with E-state index in [1.54, 1.807) is 0 Å². The Kier molecular flexibility index (Phi) is 3.87. The van der Waals surface area contributed by atoms with E-state index in [1.807, 2.05) is 0 Å². The molecule has 2 aromatic rings. The van der Waals surface area contributed by atoms with Gasteiger partial charge in [0.2, 0.25) is 0 Å². The molecule has 74 valence electrons. The van der Waals surface area contributed by atoms with Gasteiger partial charge in [0.1, 0.15) is 21.2 Å². The molecule has 0 unspecified atom stereocenters. The molecule has 0 radical (unpaired) electrons. The van der Waals surface area contributed by atoms with Crippen LogP contribution in [0.4, 0.5) is 0 Å². The number of hydrogen-bond acceptors (Lipinski definition) is 6. The molecule has 0 aliphatic rings. The second-order valence-electron chi connectivity index (χ2n) is 2.56. The summed E-state index contributed by atoms with van der Waals surface area (Å²) < 4.78 is 32.3. The maximum Gasteiger partial charge on any atom is 1.00 e. The minimum Gasteiger partial charge on any atom is -0.744 e. The van der Waals surface area contributed by atoms with Crippen LogP contribution in [0, 0.1) is 0 Å². The molecule has 1 aromatic heterocycles. The molecule has 1 aromatic carbocycles. The molecule has 0 atom stereocenters. The standard InChI is InChI=1S/C6H5N3O4S.K/c10-9-6-4(7-8-9)2-1-3-5(6)14(11,12)13;/h1-3,10H,(H,11,12,13);/q;+1/p-1. The molecule has 7 nitrogen and oxygen atoms in total. The molecule has 0 spiro atoms. The first-order valence-electron chi connectivity index (χ1n) is 3.50.